The van der Waals surface area contributed by atoms with Crippen molar-refractivity contribution in [3.05, 3.63) is 29.8 Å². The topological polar surface area (TPSA) is 90.9 Å². The average Bonchev–Trinajstić information content (AvgIpc) is 2.80. The van der Waals surface area contributed by atoms with Gasteiger partial charge in [-0.05, 0) is 35.9 Å². The Morgan fingerprint density at radius 3 is 1.28 bits per heavy atom. The first-order valence-electron chi connectivity index (χ1n) is 10.6. The van der Waals surface area contributed by atoms with E-state index in [1.54, 1.807) is 31.4 Å². The van der Waals surface area contributed by atoms with Gasteiger partial charge in [-0.15, -0.1) is 0 Å². The summed E-state index contributed by atoms with van der Waals surface area (Å²) >= 11 is 5.39. The van der Waals surface area contributed by atoms with E-state index in [9.17, 15) is 4.79 Å². The minimum Gasteiger partial charge on any atom is -0.491 e. The molecule has 0 aromatic heterocycles. The van der Waals surface area contributed by atoms with Crippen molar-refractivity contribution in [2.45, 2.75) is 0 Å². The molecule has 1 aromatic rings. The first-order chi connectivity index (χ1) is 15.7. The molecular formula is C22H35ClO9. The highest BCUT2D eigenvalue weighted by atomic mass is 35.5. The van der Waals surface area contributed by atoms with Crippen molar-refractivity contribution in [3.8, 4) is 5.75 Å². The van der Waals surface area contributed by atoms with E-state index in [1.807, 2.05) is 0 Å². The van der Waals surface area contributed by atoms with E-state index < -0.39 is 5.24 Å². The Balaban J connectivity index is 1.73. The third kappa shape index (κ3) is 17.3. The van der Waals surface area contributed by atoms with Gasteiger partial charge < -0.3 is 37.9 Å². The van der Waals surface area contributed by atoms with Gasteiger partial charge in [0.25, 0.3) is 5.24 Å². The van der Waals surface area contributed by atoms with Crippen molar-refractivity contribution in [1.29, 1.82) is 0 Å². The summed E-state index contributed by atoms with van der Waals surface area (Å²) in [6.07, 6.45) is 0. The van der Waals surface area contributed by atoms with E-state index in [4.69, 9.17) is 49.5 Å². The van der Waals surface area contributed by atoms with E-state index >= 15 is 0 Å². The molecule has 0 fully saturated rings. The van der Waals surface area contributed by atoms with Crippen LogP contribution >= 0.6 is 11.6 Å². The fourth-order valence-corrected chi connectivity index (χ4v) is 2.37. The molecule has 10 heteroatoms. The largest absolute Gasteiger partial charge is 0.491 e. The van der Waals surface area contributed by atoms with Crippen LogP contribution in [0.4, 0.5) is 0 Å². The highest BCUT2D eigenvalue weighted by Gasteiger charge is 2.01. The fourth-order valence-electron chi connectivity index (χ4n) is 2.24. The first-order valence-corrected chi connectivity index (χ1v) is 11.0. The number of carbonyl (C=O) groups is 1. The molecule has 1 aromatic carbocycles. The van der Waals surface area contributed by atoms with Crippen molar-refractivity contribution in [2.24, 2.45) is 0 Å². The monoisotopic (exact) mass is 478 g/mol. The van der Waals surface area contributed by atoms with E-state index in [-0.39, 0.29) is 0 Å². The summed E-state index contributed by atoms with van der Waals surface area (Å²) in [4.78, 5) is 11.0. The maximum Gasteiger partial charge on any atom is 0.252 e. The average molecular weight is 479 g/mol. The number of halogens is 1. The zero-order valence-electron chi connectivity index (χ0n) is 18.8. The van der Waals surface area contributed by atoms with Gasteiger partial charge in [-0.2, -0.15) is 0 Å². The van der Waals surface area contributed by atoms with Crippen LogP contribution in [0, 0.1) is 0 Å². The van der Waals surface area contributed by atoms with Crippen LogP contribution < -0.4 is 4.74 Å². The molecule has 32 heavy (non-hydrogen) atoms. The molecule has 0 radical (unpaired) electrons. The Morgan fingerprint density at radius 2 is 0.938 bits per heavy atom. The molecule has 0 saturated heterocycles. The van der Waals surface area contributed by atoms with Crippen LogP contribution in [0.3, 0.4) is 0 Å². The number of carbonyl (C=O) groups excluding carboxylic acids is 1. The molecule has 0 atom stereocenters. The summed E-state index contributed by atoms with van der Waals surface area (Å²) in [5, 5.41) is -0.490. The van der Waals surface area contributed by atoms with E-state index in [0.717, 1.165) is 0 Å². The molecule has 0 aliphatic rings. The molecule has 0 aliphatic heterocycles. The Hall–Kier alpha value is -1.30. The van der Waals surface area contributed by atoms with Crippen LogP contribution in [0.5, 0.6) is 5.75 Å². The van der Waals surface area contributed by atoms with E-state index in [1.165, 1.54) is 0 Å². The normalized spacial score (nSPS) is 11.1. The highest BCUT2D eigenvalue weighted by molar-refractivity contribution is 6.67. The van der Waals surface area contributed by atoms with Crippen molar-refractivity contribution < 1.29 is 42.7 Å². The lowest BCUT2D eigenvalue weighted by Crippen LogP contribution is -2.15. The van der Waals surface area contributed by atoms with E-state index in [0.29, 0.717) is 104 Å². The number of ether oxygens (including phenoxy) is 8. The van der Waals surface area contributed by atoms with Gasteiger partial charge in [-0.3, -0.25) is 4.79 Å². The van der Waals surface area contributed by atoms with Crippen molar-refractivity contribution in [3.63, 3.8) is 0 Å². The van der Waals surface area contributed by atoms with Gasteiger partial charge in [-0.1, -0.05) is 0 Å². The lowest BCUT2D eigenvalue weighted by molar-refractivity contribution is -0.0199. The molecule has 0 bridgehead atoms. The molecule has 0 amide bonds. The predicted octanol–water partition coefficient (Wildman–Crippen LogP) is 2.19. The van der Waals surface area contributed by atoms with Gasteiger partial charge >= 0.3 is 0 Å². The molecular weight excluding hydrogens is 444 g/mol. The second kappa shape index (κ2) is 21.5. The molecule has 0 heterocycles. The van der Waals surface area contributed by atoms with E-state index in [2.05, 4.69) is 0 Å². The summed E-state index contributed by atoms with van der Waals surface area (Å²) in [7, 11) is 1.64. The van der Waals surface area contributed by atoms with Crippen LogP contribution in [0.25, 0.3) is 0 Å². The summed E-state index contributed by atoms with van der Waals surface area (Å²) < 4.78 is 42.7. The quantitative estimate of drug-likeness (QED) is 0.173. The number of benzene rings is 1. The smallest absolute Gasteiger partial charge is 0.252 e. The zero-order valence-corrected chi connectivity index (χ0v) is 19.5. The molecule has 0 unspecified atom stereocenters. The van der Waals surface area contributed by atoms with Crippen LogP contribution in [-0.2, 0) is 33.2 Å². The van der Waals surface area contributed by atoms with Crippen molar-refractivity contribution in [1.82, 2.24) is 0 Å². The highest BCUT2D eigenvalue weighted by Crippen LogP contribution is 2.13. The Morgan fingerprint density at radius 1 is 0.594 bits per heavy atom. The second-order valence-corrected chi connectivity index (χ2v) is 6.66. The number of hydrogen-bond donors (Lipinski definition) is 0. The SMILES string of the molecule is COCCOCCOCCOCCOCCOCCOCCOc1ccc(C(=O)Cl)cc1. The van der Waals surface area contributed by atoms with Crippen LogP contribution in [-0.4, -0.2) is 105 Å². The van der Waals surface area contributed by atoms with Gasteiger partial charge in [0.2, 0.25) is 0 Å². The minimum absolute atomic E-state index is 0.407. The lowest BCUT2D eigenvalue weighted by atomic mass is 10.2. The van der Waals surface area contributed by atoms with Gasteiger partial charge in [0.15, 0.2) is 0 Å². The summed E-state index contributed by atoms with van der Waals surface area (Å²) in [6, 6.07) is 6.62. The molecule has 9 nitrogen and oxygen atoms in total. The Bertz CT molecular complexity index is 557. The van der Waals surface area contributed by atoms with Gasteiger partial charge in [0, 0.05) is 12.7 Å². The standard InChI is InChI=1S/C22H35ClO9/c1-25-6-7-26-8-9-27-10-11-28-12-13-29-14-15-30-16-17-31-18-19-32-21-4-2-20(3-5-21)22(23)24/h2-5H,6-19H2,1H3. The van der Waals surface area contributed by atoms with Gasteiger partial charge in [0.05, 0.1) is 85.9 Å². The summed E-state index contributed by atoms with van der Waals surface area (Å²) in [5.74, 6) is 0.656. The van der Waals surface area contributed by atoms with Crippen molar-refractivity contribution in [2.75, 3.05) is 99.6 Å². The maximum absolute atomic E-state index is 11.0. The lowest BCUT2D eigenvalue weighted by Gasteiger charge is -2.09. The van der Waals surface area contributed by atoms with Crippen LogP contribution in [0.15, 0.2) is 24.3 Å². The maximum atomic E-state index is 11.0. The third-order valence-electron chi connectivity index (χ3n) is 3.87. The fraction of sp³-hybridized carbons (Fsp3) is 0.682. The number of methoxy groups -OCH3 is 1. The molecule has 184 valence electrons. The minimum atomic E-state index is -0.490. The predicted molar refractivity (Wildman–Crippen MR) is 119 cm³/mol. The Labute approximate surface area is 195 Å². The Kier molecular flexibility index (Phi) is 19.3. The van der Waals surface area contributed by atoms with Gasteiger partial charge in [-0.25, -0.2) is 0 Å². The first kappa shape index (κ1) is 28.7. The number of hydrogen-bond acceptors (Lipinski definition) is 9. The molecule has 1 rings (SSSR count). The molecule has 0 spiro atoms. The molecule has 0 saturated carbocycles. The third-order valence-corrected chi connectivity index (χ3v) is 4.09. The number of rotatable bonds is 23. The summed E-state index contributed by atoms with van der Waals surface area (Å²) in [6.45, 7) is 7.17. The van der Waals surface area contributed by atoms with Crippen molar-refractivity contribution >= 4 is 16.8 Å². The molecule has 0 N–H and O–H groups in total. The van der Waals surface area contributed by atoms with Gasteiger partial charge in [0.1, 0.15) is 12.4 Å². The van der Waals surface area contributed by atoms with Crippen LogP contribution in [0.1, 0.15) is 10.4 Å². The summed E-state index contributed by atoms with van der Waals surface area (Å²) in [5.41, 5.74) is 0.435. The second-order valence-electron chi connectivity index (χ2n) is 6.31. The zero-order chi connectivity index (χ0) is 23.1. The van der Waals surface area contributed by atoms with Crippen LogP contribution in [0.2, 0.25) is 0 Å². The molecule has 0 aliphatic carbocycles.